The van der Waals surface area contributed by atoms with E-state index in [1.54, 1.807) is 27.0 Å². The van der Waals surface area contributed by atoms with Gasteiger partial charge in [0.15, 0.2) is 0 Å². The maximum Gasteiger partial charge on any atom is 0.354 e. The van der Waals surface area contributed by atoms with E-state index in [-0.39, 0.29) is 0 Å². The van der Waals surface area contributed by atoms with Crippen LogP contribution in [0.25, 0.3) is 6.08 Å². The zero-order chi connectivity index (χ0) is 13.4. The Morgan fingerprint density at radius 3 is 2.33 bits per heavy atom. The molecule has 100 valence electrons. The lowest BCUT2D eigenvalue weighted by Gasteiger charge is -2.12. The summed E-state index contributed by atoms with van der Waals surface area (Å²) in [6.45, 7) is 4.24. The fourth-order valence-corrected chi connectivity index (χ4v) is 2.77. The third kappa shape index (κ3) is 4.30. The third-order valence-electron chi connectivity index (χ3n) is 2.19. The first-order valence-corrected chi connectivity index (χ1v) is 7.47. The van der Waals surface area contributed by atoms with Gasteiger partial charge in [0.25, 0.3) is 0 Å². The lowest BCUT2D eigenvalue weighted by molar-refractivity contribution is 0.229. The number of hydrogen-bond acceptors (Lipinski definition) is 4. The summed E-state index contributed by atoms with van der Waals surface area (Å²) in [6, 6.07) is 7.47. The number of ether oxygens (including phenoxy) is 1. The van der Waals surface area contributed by atoms with E-state index >= 15 is 0 Å². The summed E-state index contributed by atoms with van der Waals surface area (Å²) in [5.74, 6) is 2.19. The summed E-state index contributed by atoms with van der Waals surface area (Å²) in [5, 5.41) is 0. The first-order chi connectivity index (χ1) is 8.65. The summed E-state index contributed by atoms with van der Waals surface area (Å²) in [7, 11) is -1.56. The van der Waals surface area contributed by atoms with Crippen molar-refractivity contribution in [2.24, 2.45) is 0 Å². The van der Waals surface area contributed by atoms with E-state index < -0.39 is 7.60 Å². The molecule has 0 heterocycles. The maximum atomic E-state index is 12.2. The zero-order valence-corrected chi connectivity index (χ0v) is 11.9. The van der Waals surface area contributed by atoms with Crippen molar-refractivity contribution in [3.05, 3.63) is 35.6 Å². The summed E-state index contributed by atoms with van der Waals surface area (Å²) in [4.78, 5) is 0. The quantitative estimate of drug-likeness (QED) is 0.704. The molecule has 5 heteroatoms. The van der Waals surface area contributed by atoms with Crippen LogP contribution < -0.4 is 4.74 Å². The van der Waals surface area contributed by atoms with Gasteiger partial charge in [-0.25, -0.2) is 0 Å². The monoisotopic (exact) mass is 270 g/mol. The van der Waals surface area contributed by atoms with Gasteiger partial charge < -0.3 is 13.8 Å². The van der Waals surface area contributed by atoms with Gasteiger partial charge in [0.1, 0.15) is 5.75 Å². The molecule has 0 radical (unpaired) electrons. The molecule has 0 atom stereocenters. The SMILES string of the molecule is CCOP(=O)(/C=C/c1ccccc1OC)OCC. The van der Waals surface area contributed by atoms with Crippen LogP contribution in [0.3, 0.4) is 0 Å². The fourth-order valence-electron chi connectivity index (χ4n) is 1.46. The molecule has 0 bridgehead atoms. The Morgan fingerprint density at radius 2 is 1.78 bits per heavy atom. The number of para-hydroxylation sites is 1. The number of rotatable bonds is 7. The van der Waals surface area contributed by atoms with E-state index in [1.165, 1.54) is 5.82 Å². The average Bonchev–Trinajstić information content (AvgIpc) is 2.37. The molecule has 0 aliphatic heterocycles. The molecule has 0 saturated heterocycles. The largest absolute Gasteiger partial charge is 0.496 e. The van der Waals surface area contributed by atoms with Crippen molar-refractivity contribution in [3.8, 4) is 5.75 Å². The highest BCUT2D eigenvalue weighted by Crippen LogP contribution is 2.50. The van der Waals surface area contributed by atoms with Crippen LogP contribution in [0.2, 0.25) is 0 Å². The van der Waals surface area contributed by atoms with Crippen LogP contribution in [0, 0.1) is 0 Å². The molecular weight excluding hydrogens is 251 g/mol. The molecule has 0 aliphatic rings. The Kier molecular flexibility index (Phi) is 6.13. The van der Waals surface area contributed by atoms with E-state index in [2.05, 4.69) is 0 Å². The second-order valence-corrected chi connectivity index (χ2v) is 5.33. The van der Waals surface area contributed by atoms with Crippen molar-refractivity contribution in [3.63, 3.8) is 0 Å². The molecular formula is C13H19O4P. The Morgan fingerprint density at radius 1 is 1.17 bits per heavy atom. The molecule has 4 nitrogen and oxygen atoms in total. The van der Waals surface area contributed by atoms with Gasteiger partial charge in [0, 0.05) is 11.4 Å². The van der Waals surface area contributed by atoms with Crippen molar-refractivity contribution in [2.45, 2.75) is 13.8 Å². The molecule has 0 aliphatic carbocycles. The zero-order valence-electron chi connectivity index (χ0n) is 11.0. The van der Waals surface area contributed by atoms with Gasteiger partial charge in [0.2, 0.25) is 0 Å². The smallest absolute Gasteiger partial charge is 0.354 e. The Labute approximate surface area is 108 Å². The van der Waals surface area contributed by atoms with E-state index in [0.29, 0.717) is 19.0 Å². The van der Waals surface area contributed by atoms with Crippen LogP contribution in [0.4, 0.5) is 0 Å². The van der Waals surface area contributed by atoms with Crippen molar-refractivity contribution < 1.29 is 18.3 Å². The number of methoxy groups -OCH3 is 1. The second kappa shape index (κ2) is 7.37. The van der Waals surface area contributed by atoms with Crippen LogP contribution in [-0.2, 0) is 13.6 Å². The standard InChI is InChI=1S/C13H19O4P/c1-4-16-18(14,17-5-2)11-10-12-8-6-7-9-13(12)15-3/h6-11H,4-5H2,1-3H3/b11-10+. The topological polar surface area (TPSA) is 44.8 Å². The van der Waals surface area contributed by atoms with Gasteiger partial charge in [-0.2, -0.15) is 0 Å². The van der Waals surface area contributed by atoms with Crippen LogP contribution in [-0.4, -0.2) is 20.3 Å². The van der Waals surface area contributed by atoms with E-state index in [0.717, 1.165) is 5.56 Å². The molecule has 0 saturated carbocycles. The Hall–Kier alpha value is -1.09. The third-order valence-corrected chi connectivity index (χ3v) is 3.94. The summed E-state index contributed by atoms with van der Waals surface area (Å²) in [6.07, 6.45) is 1.70. The molecule has 0 aromatic heterocycles. The van der Waals surface area contributed by atoms with Gasteiger partial charge >= 0.3 is 7.60 Å². The fraction of sp³-hybridized carbons (Fsp3) is 0.385. The van der Waals surface area contributed by atoms with Gasteiger partial charge in [-0.05, 0) is 26.0 Å². The molecule has 1 aromatic rings. The van der Waals surface area contributed by atoms with Crippen molar-refractivity contribution in [1.82, 2.24) is 0 Å². The minimum atomic E-state index is -3.15. The minimum absolute atomic E-state index is 0.341. The molecule has 18 heavy (non-hydrogen) atoms. The summed E-state index contributed by atoms with van der Waals surface area (Å²) < 4.78 is 27.8. The molecule has 0 unspecified atom stereocenters. The summed E-state index contributed by atoms with van der Waals surface area (Å²) >= 11 is 0. The summed E-state index contributed by atoms with van der Waals surface area (Å²) in [5.41, 5.74) is 0.833. The van der Waals surface area contributed by atoms with E-state index in [1.807, 2.05) is 24.3 Å². The molecule has 0 spiro atoms. The Balaban J connectivity index is 2.92. The van der Waals surface area contributed by atoms with Gasteiger partial charge in [0.05, 0.1) is 20.3 Å². The van der Waals surface area contributed by atoms with Gasteiger partial charge in [-0.3, -0.25) is 4.57 Å². The minimum Gasteiger partial charge on any atom is -0.496 e. The Bertz CT molecular complexity index is 432. The van der Waals surface area contributed by atoms with Crippen LogP contribution in [0.15, 0.2) is 30.1 Å². The lowest BCUT2D eigenvalue weighted by atomic mass is 10.2. The van der Waals surface area contributed by atoms with Gasteiger partial charge in [-0.1, -0.05) is 18.2 Å². The van der Waals surface area contributed by atoms with E-state index in [9.17, 15) is 4.57 Å². The normalized spacial score (nSPS) is 11.9. The first kappa shape index (κ1) is 15.0. The van der Waals surface area contributed by atoms with Crippen molar-refractivity contribution >= 4 is 13.7 Å². The second-order valence-electron chi connectivity index (χ2n) is 3.43. The highest BCUT2D eigenvalue weighted by Gasteiger charge is 2.18. The van der Waals surface area contributed by atoms with Crippen molar-refractivity contribution in [1.29, 1.82) is 0 Å². The maximum absolute atomic E-state index is 12.2. The highest BCUT2D eigenvalue weighted by molar-refractivity contribution is 7.57. The van der Waals surface area contributed by atoms with Crippen LogP contribution in [0.5, 0.6) is 5.75 Å². The predicted octanol–water partition coefficient (Wildman–Crippen LogP) is 3.93. The average molecular weight is 270 g/mol. The lowest BCUT2D eigenvalue weighted by Crippen LogP contribution is -1.93. The number of benzene rings is 1. The highest BCUT2D eigenvalue weighted by atomic mass is 31.2. The molecule has 1 rings (SSSR count). The van der Waals surface area contributed by atoms with E-state index in [4.69, 9.17) is 13.8 Å². The molecule has 0 N–H and O–H groups in total. The first-order valence-electron chi connectivity index (χ1n) is 5.86. The van der Waals surface area contributed by atoms with Crippen LogP contribution in [0.1, 0.15) is 19.4 Å². The van der Waals surface area contributed by atoms with Crippen LogP contribution >= 0.6 is 7.60 Å². The predicted molar refractivity (Wildman–Crippen MR) is 72.9 cm³/mol. The van der Waals surface area contributed by atoms with Gasteiger partial charge in [-0.15, -0.1) is 0 Å². The molecule has 0 amide bonds. The molecule has 1 aromatic carbocycles. The molecule has 0 fully saturated rings. The number of hydrogen-bond donors (Lipinski definition) is 0. The van der Waals surface area contributed by atoms with Crippen molar-refractivity contribution in [2.75, 3.05) is 20.3 Å².